The molecule has 2 aliphatic rings. The van der Waals surface area contributed by atoms with E-state index in [4.69, 9.17) is 4.52 Å². The number of aryl methyl sites for hydroxylation is 1. The number of nitrogens with zero attached hydrogens (tertiary/aromatic N) is 5. The summed E-state index contributed by atoms with van der Waals surface area (Å²) in [5, 5.41) is 8.33. The second kappa shape index (κ2) is 7.00. The minimum absolute atomic E-state index is 0.0870. The third-order valence-corrected chi connectivity index (χ3v) is 5.24. The van der Waals surface area contributed by atoms with Crippen LogP contribution in [0.3, 0.4) is 0 Å². The van der Waals surface area contributed by atoms with E-state index in [0.29, 0.717) is 18.8 Å². The third kappa shape index (κ3) is 3.46. The van der Waals surface area contributed by atoms with E-state index in [-0.39, 0.29) is 11.9 Å². The Balaban J connectivity index is 1.46. The van der Waals surface area contributed by atoms with E-state index in [9.17, 15) is 4.79 Å². The number of hydrogen-bond acceptors (Lipinski definition) is 5. The zero-order valence-corrected chi connectivity index (χ0v) is 14.7. The molecule has 2 aliphatic heterocycles. The molecular formula is C18H25N5O2. The van der Waals surface area contributed by atoms with Crippen LogP contribution in [0.4, 0.5) is 0 Å². The number of fused-ring (bicyclic) bond motifs is 1. The molecule has 0 spiro atoms. The zero-order valence-electron chi connectivity index (χ0n) is 14.7. The van der Waals surface area contributed by atoms with E-state index in [1.165, 1.54) is 32.4 Å². The molecule has 25 heavy (non-hydrogen) atoms. The highest BCUT2D eigenvalue weighted by atomic mass is 16.5. The standard InChI is InChI=1S/C18H25N5O2/c1-14-11-17(25-20-14)18(24)22-12-15-5-7-19-23(15)16(13-22)6-10-21-8-3-2-4-9-21/h5,7,11,16H,2-4,6,8-10,12-13H2,1H3/t16-/m0/s1. The molecule has 4 rings (SSSR count). The van der Waals surface area contributed by atoms with Gasteiger partial charge in [0.2, 0.25) is 5.76 Å². The number of hydrogen-bond donors (Lipinski definition) is 0. The maximum atomic E-state index is 12.7. The summed E-state index contributed by atoms with van der Waals surface area (Å²) in [7, 11) is 0. The fraction of sp³-hybridized carbons (Fsp3) is 0.611. The highest BCUT2D eigenvalue weighted by Gasteiger charge is 2.30. The lowest BCUT2D eigenvalue weighted by Crippen LogP contribution is -2.42. The van der Waals surface area contributed by atoms with E-state index in [0.717, 1.165) is 24.4 Å². The molecule has 0 N–H and O–H groups in total. The van der Waals surface area contributed by atoms with Gasteiger partial charge in [-0.1, -0.05) is 11.6 Å². The maximum absolute atomic E-state index is 12.7. The number of amides is 1. The van der Waals surface area contributed by atoms with Crippen molar-refractivity contribution in [3.8, 4) is 0 Å². The number of carbonyl (C=O) groups is 1. The van der Waals surface area contributed by atoms with Crippen LogP contribution in [-0.4, -0.2) is 56.8 Å². The molecule has 134 valence electrons. The van der Waals surface area contributed by atoms with Crippen LogP contribution in [0.1, 0.15) is 53.7 Å². The monoisotopic (exact) mass is 343 g/mol. The Bertz CT molecular complexity index is 731. The predicted molar refractivity (Wildman–Crippen MR) is 92.2 cm³/mol. The summed E-state index contributed by atoms with van der Waals surface area (Å²) in [6, 6.07) is 3.92. The van der Waals surface area contributed by atoms with Crippen LogP contribution in [0.5, 0.6) is 0 Å². The Morgan fingerprint density at radius 2 is 2.16 bits per heavy atom. The molecule has 0 saturated carbocycles. The topological polar surface area (TPSA) is 67.4 Å². The van der Waals surface area contributed by atoms with Crippen molar-refractivity contribution in [2.45, 2.75) is 45.2 Å². The molecule has 2 aromatic rings. The summed E-state index contributed by atoms with van der Waals surface area (Å²) < 4.78 is 7.26. The molecule has 0 aliphatic carbocycles. The number of piperidine rings is 1. The number of likely N-dealkylation sites (tertiary alicyclic amines) is 1. The van der Waals surface area contributed by atoms with Gasteiger partial charge in [0.15, 0.2) is 0 Å². The van der Waals surface area contributed by atoms with Crippen molar-refractivity contribution in [3.63, 3.8) is 0 Å². The van der Waals surface area contributed by atoms with E-state index in [1.807, 2.05) is 24.1 Å². The average molecular weight is 343 g/mol. The molecule has 0 aromatic carbocycles. The Labute approximate surface area is 147 Å². The van der Waals surface area contributed by atoms with E-state index in [1.54, 1.807) is 6.07 Å². The van der Waals surface area contributed by atoms with Crippen molar-refractivity contribution in [2.75, 3.05) is 26.2 Å². The van der Waals surface area contributed by atoms with Crippen LogP contribution in [0.2, 0.25) is 0 Å². The van der Waals surface area contributed by atoms with Crippen LogP contribution < -0.4 is 0 Å². The van der Waals surface area contributed by atoms with Crippen molar-refractivity contribution in [2.24, 2.45) is 0 Å². The molecule has 0 bridgehead atoms. The first-order valence-electron chi connectivity index (χ1n) is 9.18. The molecule has 1 saturated heterocycles. The van der Waals surface area contributed by atoms with Gasteiger partial charge in [0.05, 0.1) is 24.0 Å². The molecule has 7 heteroatoms. The van der Waals surface area contributed by atoms with Crippen molar-refractivity contribution in [1.82, 2.24) is 24.7 Å². The second-order valence-electron chi connectivity index (χ2n) is 7.13. The first kappa shape index (κ1) is 16.3. The van der Waals surface area contributed by atoms with Crippen LogP contribution >= 0.6 is 0 Å². The quantitative estimate of drug-likeness (QED) is 0.852. The van der Waals surface area contributed by atoms with Crippen LogP contribution in [0, 0.1) is 6.92 Å². The molecular weight excluding hydrogens is 318 g/mol. The van der Waals surface area contributed by atoms with Gasteiger partial charge in [-0.2, -0.15) is 5.10 Å². The number of rotatable bonds is 4. The number of carbonyl (C=O) groups excluding carboxylic acids is 1. The largest absolute Gasteiger partial charge is 0.351 e. The minimum Gasteiger partial charge on any atom is -0.351 e. The zero-order chi connectivity index (χ0) is 17.2. The summed E-state index contributed by atoms with van der Waals surface area (Å²) in [5.41, 5.74) is 1.81. The van der Waals surface area contributed by atoms with E-state index in [2.05, 4.69) is 19.8 Å². The molecule has 0 radical (unpaired) electrons. The van der Waals surface area contributed by atoms with Crippen LogP contribution in [0.15, 0.2) is 22.9 Å². The molecule has 7 nitrogen and oxygen atoms in total. The molecule has 1 atom stereocenters. The van der Waals surface area contributed by atoms with Crippen LogP contribution in [0.25, 0.3) is 0 Å². The van der Waals surface area contributed by atoms with E-state index >= 15 is 0 Å². The van der Waals surface area contributed by atoms with Crippen LogP contribution in [-0.2, 0) is 6.54 Å². The fourth-order valence-electron chi connectivity index (χ4n) is 3.89. The summed E-state index contributed by atoms with van der Waals surface area (Å²) in [5.74, 6) is 0.233. The van der Waals surface area contributed by atoms with Crippen molar-refractivity contribution in [1.29, 1.82) is 0 Å². The smallest absolute Gasteiger partial charge is 0.292 e. The second-order valence-corrected chi connectivity index (χ2v) is 7.13. The van der Waals surface area contributed by atoms with Gasteiger partial charge < -0.3 is 14.3 Å². The minimum atomic E-state index is -0.0870. The molecule has 1 amide bonds. The first-order valence-corrected chi connectivity index (χ1v) is 9.18. The normalized spacial score (nSPS) is 21.3. The Morgan fingerprint density at radius 3 is 2.92 bits per heavy atom. The lowest BCUT2D eigenvalue weighted by molar-refractivity contribution is 0.0613. The summed E-state index contributed by atoms with van der Waals surface area (Å²) in [6.07, 6.45) is 6.78. The lowest BCUT2D eigenvalue weighted by Gasteiger charge is -2.35. The summed E-state index contributed by atoms with van der Waals surface area (Å²) in [6.45, 7) is 6.51. The van der Waals surface area contributed by atoms with Gasteiger partial charge in [-0.3, -0.25) is 9.48 Å². The first-order chi connectivity index (χ1) is 12.2. The lowest BCUT2D eigenvalue weighted by atomic mass is 10.1. The molecule has 4 heterocycles. The SMILES string of the molecule is Cc1cc(C(=O)N2Cc3ccnn3[C@@H](CCN3CCCCC3)C2)on1. The Kier molecular flexibility index (Phi) is 4.57. The van der Waals surface area contributed by atoms with Gasteiger partial charge in [-0.15, -0.1) is 0 Å². The highest BCUT2D eigenvalue weighted by molar-refractivity contribution is 5.91. The fourth-order valence-corrected chi connectivity index (χ4v) is 3.89. The van der Waals surface area contributed by atoms with Gasteiger partial charge in [0.25, 0.3) is 5.91 Å². The van der Waals surface area contributed by atoms with Gasteiger partial charge in [0, 0.05) is 25.4 Å². The summed E-state index contributed by atoms with van der Waals surface area (Å²) >= 11 is 0. The van der Waals surface area contributed by atoms with Gasteiger partial charge >= 0.3 is 0 Å². The third-order valence-electron chi connectivity index (χ3n) is 5.24. The maximum Gasteiger partial charge on any atom is 0.292 e. The van der Waals surface area contributed by atoms with Crippen molar-refractivity contribution >= 4 is 5.91 Å². The van der Waals surface area contributed by atoms with Gasteiger partial charge in [0.1, 0.15) is 0 Å². The van der Waals surface area contributed by atoms with Gasteiger partial charge in [-0.25, -0.2) is 0 Å². The van der Waals surface area contributed by atoms with Crippen molar-refractivity contribution in [3.05, 3.63) is 35.5 Å². The molecule has 2 aromatic heterocycles. The molecule has 1 fully saturated rings. The average Bonchev–Trinajstić information content (AvgIpc) is 3.28. The molecule has 0 unspecified atom stereocenters. The Hall–Kier alpha value is -2.15. The summed E-state index contributed by atoms with van der Waals surface area (Å²) in [4.78, 5) is 17.1. The highest BCUT2D eigenvalue weighted by Crippen LogP contribution is 2.25. The van der Waals surface area contributed by atoms with Crippen molar-refractivity contribution < 1.29 is 9.32 Å². The Morgan fingerprint density at radius 1 is 1.32 bits per heavy atom. The predicted octanol–water partition coefficient (Wildman–Crippen LogP) is 2.25. The number of aromatic nitrogens is 3. The van der Waals surface area contributed by atoms with E-state index < -0.39 is 0 Å². The van der Waals surface area contributed by atoms with Gasteiger partial charge in [-0.05, 0) is 45.3 Å².